The van der Waals surface area contributed by atoms with Crippen molar-refractivity contribution in [3.63, 3.8) is 0 Å². The van der Waals surface area contributed by atoms with Gasteiger partial charge in [-0.25, -0.2) is 0 Å². The molecule has 4 rings (SSSR count). The molecule has 0 spiro atoms. The van der Waals surface area contributed by atoms with Gasteiger partial charge in [0.2, 0.25) is 5.91 Å². The van der Waals surface area contributed by atoms with E-state index in [0.717, 1.165) is 41.7 Å². The molecule has 0 aliphatic rings. The number of para-hydroxylation sites is 1. The zero-order valence-corrected chi connectivity index (χ0v) is 19.3. The topological polar surface area (TPSA) is 45.3 Å². The highest BCUT2D eigenvalue weighted by molar-refractivity contribution is 5.83. The first-order valence-corrected chi connectivity index (χ1v) is 11.8. The van der Waals surface area contributed by atoms with Crippen molar-refractivity contribution >= 4 is 16.8 Å². The van der Waals surface area contributed by atoms with Crippen molar-refractivity contribution in [2.75, 3.05) is 6.54 Å². The first kappa shape index (κ1) is 22.7. The fraction of sp³-hybridized carbons (Fsp3) is 0.276. The van der Waals surface area contributed by atoms with Crippen LogP contribution >= 0.6 is 0 Å². The molecule has 3 aromatic carbocycles. The molecule has 1 aromatic heterocycles. The van der Waals surface area contributed by atoms with Gasteiger partial charge in [0.25, 0.3) is 0 Å². The average molecular weight is 441 g/mol. The van der Waals surface area contributed by atoms with Gasteiger partial charge in [-0.05, 0) is 47.7 Å². The Morgan fingerprint density at radius 2 is 1.73 bits per heavy atom. The fourth-order valence-electron chi connectivity index (χ4n) is 4.07. The second kappa shape index (κ2) is 11.4. The van der Waals surface area contributed by atoms with Gasteiger partial charge in [0.05, 0.1) is 0 Å². The van der Waals surface area contributed by atoms with Gasteiger partial charge in [-0.15, -0.1) is 0 Å². The van der Waals surface area contributed by atoms with Gasteiger partial charge in [0.15, 0.2) is 0 Å². The lowest BCUT2D eigenvalue weighted by atomic mass is 10.1. The number of nitrogens with zero attached hydrogens (tertiary/aromatic N) is 1. The van der Waals surface area contributed by atoms with Crippen molar-refractivity contribution in [2.45, 2.75) is 45.8 Å². The Kier molecular flexibility index (Phi) is 7.81. The second-order valence-corrected chi connectivity index (χ2v) is 8.45. The molecular weight excluding hydrogens is 408 g/mol. The van der Waals surface area contributed by atoms with Gasteiger partial charge >= 0.3 is 0 Å². The van der Waals surface area contributed by atoms with Gasteiger partial charge in [0.1, 0.15) is 12.4 Å². The predicted molar refractivity (Wildman–Crippen MR) is 134 cm³/mol. The normalized spacial score (nSPS) is 10.9. The van der Waals surface area contributed by atoms with Crippen molar-refractivity contribution in [1.82, 2.24) is 9.88 Å². The van der Waals surface area contributed by atoms with E-state index in [1.807, 2.05) is 41.3 Å². The van der Waals surface area contributed by atoms with Crippen LogP contribution < -0.4 is 4.74 Å². The number of aromatic amines is 1. The molecule has 170 valence electrons. The number of nitrogens with one attached hydrogen (secondary N) is 1. The minimum atomic E-state index is 0.215. The molecule has 1 amide bonds. The standard InChI is InChI=1S/C29H32N2O2/c1-2-3-16-29(32)31(18-17-25-20-30-28-15-8-7-14-27(25)28)21-24-12-9-13-26(19-24)33-22-23-10-5-4-6-11-23/h4-15,19-20,30H,2-3,16-18,21-22H2,1H3. The third-order valence-corrected chi connectivity index (χ3v) is 5.94. The van der Waals surface area contributed by atoms with Crippen LogP contribution in [0.1, 0.15) is 42.9 Å². The van der Waals surface area contributed by atoms with Gasteiger partial charge in [-0.1, -0.05) is 74.0 Å². The fourth-order valence-corrected chi connectivity index (χ4v) is 4.07. The van der Waals surface area contributed by atoms with Crippen LogP contribution in [0.2, 0.25) is 0 Å². The summed E-state index contributed by atoms with van der Waals surface area (Å²) in [6.45, 7) is 3.94. The smallest absolute Gasteiger partial charge is 0.222 e. The Balaban J connectivity index is 1.44. The molecule has 0 saturated carbocycles. The number of ether oxygens (including phenoxy) is 1. The zero-order valence-electron chi connectivity index (χ0n) is 19.3. The Morgan fingerprint density at radius 3 is 2.58 bits per heavy atom. The maximum atomic E-state index is 13.0. The first-order chi connectivity index (χ1) is 16.2. The molecular formula is C29H32N2O2. The number of fused-ring (bicyclic) bond motifs is 1. The van der Waals surface area contributed by atoms with E-state index in [1.165, 1.54) is 10.9 Å². The number of hydrogen-bond donors (Lipinski definition) is 1. The van der Waals surface area contributed by atoms with Gasteiger partial charge in [0, 0.05) is 36.6 Å². The van der Waals surface area contributed by atoms with E-state index in [2.05, 4.69) is 60.6 Å². The summed E-state index contributed by atoms with van der Waals surface area (Å²) in [6.07, 6.45) is 5.42. The van der Waals surface area contributed by atoms with Crippen LogP contribution in [-0.4, -0.2) is 22.3 Å². The molecule has 0 aliphatic carbocycles. The van der Waals surface area contributed by atoms with E-state index in [0.29, 0.717) is 26.1 Å². The number of amides is 1. The van der Waals surface area contributed by atoms with Crippen LogP contribution in [0.25, 0.3) is 10.9 Å². The lowest BCUT2D eigenvalue weighted by Gasteiger charge is -2.23. The van der Waals surface area contributed by atoms with Gasteiger partial charge < -0.3 is 14.6 Å². The number of carbonyl (C=O) groups is 1. The van der Waals surface area contributed by atoms with Gasteiger partial charge in [-0.2, -0.15) is 0 Å². The largest absolute Gasteiger partial charge is 0.489 e. The number of aromatic nitrogens is 1. The molecule has 1 N–H and O–H groups in total. The Hall–Kier alpha value is -3.53. The molecule has 4 aromatic rings. The van der Waals surface area contributed by atoms with Gasteiger partial charge in [-0.3, -0.25) is 4.79 Å². The molecule has 1 heterocycles. The van der Waals surface area contributed by atoms with Crippen LogP contribution in [0.5, 0.6) is 5.75 Å². The van der Waals surface area contributed by atoms with Crippen LogP contribution in [0.4, 0.5) is 0 Å². The highest BCUT2D eigenvalue weighted by atomic mass is 16.5. The highest BCUT2D eigenvalue weighted by Crippen LogP contribution is 2.21. The summed E-state index contributed by atoms with van der Waals surface area (Å²) in [4.78, 5) is 18.3. The van der Waals surface area contributed by atoms with Crippen molar-refractivity contribution in [3.05, 3.63) is 102 Å². The average Bonchev–Trinajstić information content (AvgIpc) is 3.28. The maximum absolute atomic E-state index is 13.0. The van der Waals surface area contributed by atoms with E-state index < -0.39 is 0 Å². The monoisotopic (exact) mass is 440 g/mol. The van der Waals surface area contributed by atoms with Crippen LogP contribution in [0, 0.1) is 0 Å². The summed E-state index contributed by atoms with van der Waals surface area (Å²) in [5.74, 6) is 1.04. The molecule has 0 fully saturated rings. The molecule has 0 saturated heterocycles. The number of unbranched alkanes of at least 4 members (excludes halogenated alkanes) is 1. The molecule has 0 aliphatic heterocycles. The van der Waals surface area contributed by atoms with E-state index >= 15 is 0 Å². The molecule has 33 heavy (non-hydrogen) atoms. The number of H-pyrrole nitrogens is 1. The minimum absolute atomic E-state index is 0.215. The lowest BCUT2D eigenvalue weighted by molar-refractivity contribution is -0.131. The number of carbonyl (C=O) groups excluding carboxylic acids is 1. The third-order valence-electron chi connectivity index (χ3n) is 5.94. The first-order valence-electron chi connectivity index (χ1n) is 11.8. The summed E-state index contributed by atoms with van der Waals surface area (Å²) >= 11 is 0. The van der Waals surface area contributed by atoms with E-state index in [4.69, 9.17) is 4.74 Å². The third kappa shape index (κ3) is 6.26. The molecule has 4 heteroatoms. The van der Waals surface area contributed by atoms with E-state index in [9.17, 15) is 4.79 Å². The number of rotatable bonds is 11. The molecule has 0 unspecified atom stereocenters. The SMILES string of the molecule is CCCCC(=O)N(CCc1c[nH]c2ccccc12)Cc1cccc(OCc2ccccc2)c1. The Labute approximate surface area is 196 Å². The van der Waals surface area contributed by atoms with Crippen molar-refractivity contribution in [1.29, 1.82) is 0 Å². The van der Waals surface area contributed by atoms with Crippen LogP contribution in [-0.2, 0) is 24.4 Å². The zero-order chi connectivity index (χ0) is 22.9. The van der Waals surface area contributed by atoms with E-state index in [1.54, 1.807) is 0 Å². The Bertz CT molecular complexity index is 1170. The minimum Gasteiger partial charge on any atom is -0.489 e. The van der Waals surface area contributed by atoms with Crippen molar-refractivity contribution < 1.29 is 9.53 Å². The second-order valence-electron chi connectivity index (χ2n) is 8.45. The van der Waals surface area contributed by atoms with Crippen molar-refractivity contribution in [2.24, 2.45) is 0 Å². The summed E-state index contributed by atoms with van der Waals surface area (Å²) < 4.78 is 6.00. The van der Waals surface area contributed by atoms with Crippen molar-refractivity contribution in [3.8, 4) is 5.75 Å². The molecule has 0 atom stereocenters. The quantitative estimate of drug-likeness (QED) is 0.289. The molecule has 0 radical (unpaired) electrons. The van der Waals surface area contributed by atoms with Crippen LogP contribution in [0.15, 0.2) is 85.1 Å². The summed E-state index contributed by atoms with van der Waals surface area (Å²) in [5.41, 5.74) is 4.61. The summed E-state index contributed by atoms with van der Waals surface area (Å²) in [7, 11) is 0. The number of benzene rings is 3. The molecule has 4 nitrogen and oxygen atoms in total. The molecule has 0 bridgehead atoms. The Morgan fingerprint density at radius 1 is 0.939 bits per heavy atom. The summed E-state index contributed by atoms with van der Waals surface area (Å²) in [5, 5.41) is 1.23. The number of hydrogen-bond acceptors (Lipinski definition) is 2. The predicted octanol–water partition coefficient (Wildman–Crippen LogP) is 6.51. The summed E-state index contributed by atoms with van der Waals surface area (Å²) in [6, 6.07) is 26.6. The maximum Gasteiger partial charge on any atom is 0.222 e. The van der Waals surface area contributed by atoms with Crippen LogP contribution in [0.3, 0.4) is 0 Å². The highest BCUT2D eigenvalue weighted by Gasteiger charge is 2.15. The lowest BCUT2D eigenvalue weighted by Crippen LogP contribution is -2.32. The van der Waals surface area contributed by atoms with E-state index in [-0.39, 0.29) is 5.91 Å².